The summed E-state index contributed by atoms with van der Waals surface area (Å²) in [6, 6.07) is 0. The van der Waals surface area contributed by atoms with Gasteiger partial charge in [0.15, 0.2) is 0 Å². The zero-order valence-corrected chi connectivity index (χ0v) is 9.25. The average molecular weight is 209 g/mol. The molecule has 1 aliphatic rings. The molecule has 0 amide bonds. The monoisotopic (exact) mass is 209 g/mol. The van der Waals surface area contributed by atoms with Gasteiger partial charge in [0.2, 0.25) is 0 Å². The van der Waals surface area contributed by atoms with E-state index < -0.39 is 11.5 Å². The molecule has 15 heavy (non-hydrogen) atoms. The molecule has 1 aliphatic carbocycles. The minimum absolute atomic E-state index is 0.336. The minimum atomic E-state index is -0.766. The lowest BCUT2D eigenvalue weighted by Crippen LogP contribution is -2.54. The van der Waals surface area contributed by atoms with E-state index >= 15 is 0 Å². The van der Waals surface area contributed by atoms with E-state index in [2.05, 4.69) is 18.2 Å². The minimum Gasteiger partial charge on any atom is -0.480 e. The highest BCUT2D eigenvalue weighted by Crippen LogP contribution is 2.33. The van der Waals surface area contributed by atoms with E-state index in [1.807, 2.05) is 0 Å². The lowest BCUT2D eigenvalue weighted by atomic mass is 9.75. The summed E-state index contributed by atoms with van der Waals surface area (Å²) in [6.07, 6.45) is 9.66. The van der Waals surface area contributed by atoms with E-state index in [1.54, 1.807) is 0 Å². The van der Waals surface area contributed by atoms with Crippen LogP contribution in [0.15, 0.2) is 0 Å². The van der Waals surface area contributed by atoms with Crippen molar-refractivity contribution in [2.24, 2.45) is 5.92 Å². The van der Waals surface area contributed by atoms with Crippen molar-refractivity contribution >= 4 is 5.97 Å². The first-order valence-electron chi connectivity index (χ1n) is 5.56. The molecular weight excluding hydrogens is 190 g/mol. The highest BCUT2D eigenvalue weighted by atomic mass is 16.4. The van der Waals surface area contributed by atoms with Gasteiger partial charge in [-0.15, -0.1) is 6.42 Å². The standard InChI is InChI=1S/C12H19NO2/c1-3-9-13-12(11(14)15)7-5-10(4-2)6-8-12/h1,10,13H,4-9H2,2H3,(H,14,15). The summed E-state index contributed by atoms with van der Waals surface area (Å²) in [7, 11) is 0. The number of carboxylic acid groups (broad SMARTS) is 1. The molecule has 0 aromatic carbocycles. The molecule has 0 bridgehead atoms. The molecule has 1 fully saturated rings. The smallest absolute Gasteiger partial charge is 0.323 e. The second kappa shape index (κ2) is 5.18. The summed E-state index contributed by atoms with van der Waals surface area (Å²) in [5, 5.41) is 12.2. The third kappa shape index (κ3) is 2.73. The third-order valence-electron chi connectivity index (χ3n) is 3.47. The second-order valence-electron chi connectivity index (χ2n) is 4.30. The van der Waals surface area contributed by atoms with E-state index in [0.29, 0.717) is 25.3 Å². The predicted molar refractivity (Wildman–Crippen MR) is 59.5 cm³/mol. The van der Waals surface area contributed by atoms with Crippen LogP contribution in [0.2, 0.25) is 0 Å². The van der Waals surface area contributed by atoms with Gasteiger partial charge in [0.25, 0.3) is 0 Å². The van der Waals surface area contributed by atoms with Gasteiger partial charge >= 0.3 is 5.97 Å². The first kappa shape index (κ1) is 12.1. The fourth-order valence-corrected chi connectivity index (χ4v) is 2.27. The second-order valence-corrected chi connectivity index (χ2v) is 4.30. The van der Waals surface area contributed by atoms with Gasteiger partial charge in [-0.05, 0) is 31.6 Å². The fraction of sp³-hybridized carbons (Fsp3) is 0.750. The molecule has 3 heteroatoms. The van der Waals surface area contributed by atoms with Gasteiger partial charge in [-0.25, -0.2) is 0 Å². The Kier molecular flexibility index (Phi) is 4.16. The molecule has 0 heterocycles. The third-order valence-corrected chi connectivity index (χ3v) is 3.47. The van der Waals surface area contributed by atoms with Gasteiger partial charge in [0.05, 0.1) is 6.54 Å². The van der Waals surface area contributed by atoms with Gasteiger partial charge in [0, 0.05) is 0 Å². The van der Waals surface area contributed by atoms with Crippen molar-refractivity contribution in [1.82, 2.24) is 5.32 Å². The number of aliphatic carboxylic acids is 1. The molecule has 0 spiro atoms. The first-order valence-corrected chi connectivity index (χ1v) is 5.56. The van der Waals surface area contributed by atoms with E-state index in [-0.39, 0.29) is 0 Å². The van der Waals surface area contributed by atoms with Gasteiger partial charge < -0.3 is 5.11 Å². The number of rotatable bonds is 4. The summed E-state index contributed by atoms with van der Waals surface area (Å²) in [5.41, 5.74) is -0.766. The Morgan fingerprint density at radius 1 is 1.60 bits per heavy atom. The number of hydrogen-bond donors (Lipinski definition) is 2. The SMILES string of the molecule is C#CCNC1(C(=O)O)CCC(CC)CC1. The Hall–Kier alpha value is -1.01. The molecular formula is C12H19NO2. The maximum Gasteiger partial charge on any atom is 0.323 e. The van der Waals surface area contributed by atoms with Crippen LogP contribution in [0, 0.1) is 18.3 Å². The van der Waals surface area contributed by atoms with Crippen LogP contribution in [0.25, 0.3) is 0 Å². The van der Waals surface area contributed by atoms with Crippen molar-refractivity contribution in [1.29, 1.82) is 0 Å². The summed E-state index contributed by atoms with van der Waals surface area (Å²) >= 11 is 0. The average Bonchev–Trinajstić information content (AvgIpc) is 2.27. The summed E-state index contributed by atoms with van der Waals surface area (Å²) < 4.78 is 0. The topological polar surface area (TPSA) is 49.3 Å². The largest absolute Gasteiger partial charge is 0.480 e. The molecule has 0 aliphatic heterocycles. The number of carboxylic acids is 1. The number of hydrogen-bond acceptors (Lipinski definition) is 2. The lowest BCUT2D eigenvalue weighted by Gasteiger charge is -2.36. The Morgan fingerprint density at radius 2 is 2.20 bits per heavy atom. The van der Waals surface area contributed by atoms with Crippen molar-refractivity contribution < 1.29 is 9.90 Å². The molecule has 3 nitrogen and oxygen atoms in total. The van der Waals surface area contributed by atoms with Gasteiger partial charge in [0.1, 0.15) is 5.54 Å². The van der Waals surface area contributed by atoms with Crippen molar-refractivity contribution in [3.05, 3.63) is 0 Å². The normalized spacial score (nSPS) is 30.8. The Morgan fingerprint density at radius 3 is 2.60 bits per heavy atom. The molecule has 1 rings (SSSR count). The molecule has 0 aromatic rings. The molecule has 2 N–H and O–H groups in total. The van der Waals surface area contributed by atoms with Crippen molar-refractivity contribution in [2.75, 3.05) is 6.54 Å². The van der Waals surface area contributed by atoms with E-state index in [1.165, 1.54) is 0 Å². The fourth-order valence-electron chi connectivity index (χ4n) is 2.27. The van der Waals surface area contributed by atoms with Gasteiger partial charge in [-0.3, -0.25) is 10.1 Å². The van der Waals surface area contributed by atoms with Crippen LogP contribution < -0.4 is 5.32 Å². The van der Waals surface area contributed by atoms with Crippen LogP contribution in [-0.2, 0) is 4.79 Å². The molecule has 84 valence electrons. The maximum atomic E-state index is 11.2. The molecule has 0 aromatic heterocycles. The van der Waals surface area contributed by atoms with Crippen molar-refractivity contribution in [3.63, 3.8) is 0 Å². The summed E-state index contributed by atoms with van der Waals surface area (Å²) in [6.45, 7) is 2.50. The Balaban J connectivity index is 2.61. The van der Waals surface area contributed by atoms with E-state index in [4.69, 9.17) is 6.42 Å². The molecule has 1 saturated carbocycles. The quantitative estimate of drug-likeness (QED) is 0.692. The molecule has 0 radical (unpaired) electrons. The highest BCUT2D eigenvalue weighted by molar-refractivity contribution is 5.79. The van der Waals surface area contributed by atoms with Crippen LogP contribution in [0.3, 0.4) is 0 Å². The number of terminal acetylenes is 1. The lowest BCUT2D eigenvalue weighted by molar-refractivity contribution is -0.146. The first-order chi connectivity index (χ1) is 7.14. The number of nitrogens with one attached hydrogen (secondary N) is 1. The van der Waals surface area contributed by atoms with Crippen LogP contribution in [0.4, 0.5) is 0 Å². The zero-order chi connectivity index (χ0) is 11.3. The van der Waals surface area contributed by atoms with Gasteiger partial charge in [-0.1, -0.05) is 19.3 Å². The summed E-state index contributed by atoms with van der Waals surface area (Å²) in [5.74, 6) is 2.37. The van der Waals surface area contributed by atoms with Crippen LogP contribution in [0.5, 0.6) is 0 Å². The summed E-state index contributed by atoms with van der Waals surface area (Å²) in [4.78, 5) is 11.2. The van der Waals surface area contributed by atoms with Crippen molar-refractivity contribution in [2.45, 2.75) is 44.6 Å². The Labute approximate surface area is 91.3 Å². The Bertz CT molecular complexity index is 259. The highest BCUT2D eigenvalue weighted by Gasteiger charge is 2.40. The number of carbonyl (C=O) groups is 1. The molecule has 0 unspecified atom stereocenters. The van der Waals surface area contributed by atoms with Crippen LogP contribution >= 0.6 is 0 Å². The molecule has 0 atom stereocenters. The van der Waals surface area contributed by atoms with Crippen LogP contribution in [0.1, 0.15) is 39.0 Å². The maximum absolute atomic E-state index is 11.2. The van der Waals surface area contributed by atoms with Crippen LogP contribution in [-0.4, -0.2) is 23.2 Å². The van der Waals surface area contributed by atoms with Gasteiger partial charge in [-0.2, -0.15) is 0 Å². The van der Waals surface area contributed by atoms with E-state index in [9.17, 15) is 9.90 Å². The predicted octanol–water partition coefficient (Wildman–Crippen LogP) is 1.63. The zero-order valence-electron chi connectivity index (χ0n) is 9.25. The van der Waals surface area contributed by atoms with Crippen molar-refractivity contribution in [3.8, 4) is 12.3 Å². The van der Waals surface area contributed by atoms with E-state index in [0.717, 1.165) is 19.3 Å². The molecule has 0 saturated heterocycles.